The molecule has 1 aromatic rings. The van der Waals surface area contributed by atoms with Gasteiger partial charge in [0.25, 0.3) is 0 Å². The highest BCUT2D eigenvalue weighted by Crippen LogP contribution is 2.08. The molecule has 0 unspecified atom stereocenters. The van der Waals surface area contributed by atoms with E-state index in [4.69, 9.17) is 9.84 Å². The van der Waals surface area contributed by atoms with Gasteiger partial charge in [0.05, 0.1) is 18.9 Å². The predicted molar refractivity (Wildman–Crippen MR) is 51.6 cm³/mol. The van der Waals surface area contributed by atoms with Crippen LogP contribution < -0.4 is 5.32 Å². The van der Waals surface area contributed by atoms with Gasteiger partial charge in [-0.1, -0.05) is 0 Å². The molecule has 0 saturated heterocycles. The zero-order chi connectivity index (χ0) is 9.52. The molecule has 0 atom stereocenters. The molecular weight excluding hydrogens is 188 g/mol. The maximum absolute atomic E-state index is 8.76. The van der Waals surface area contributed by atoms with Gasteiger partial charge in [0.15, 0.2) is 0 Å². The molecule has 0 radical (unpaired) electrons. The van der Waals surface area contributed by atoms with Gasteiger partial charge in [-0.05, 0) is 0 Å². The maximum Gasteiger partial charge on any atom is 0.107 e. The summed E-state index contributed by atoms with van der Waals surface area (Å²) in [5.74, 6) is 0. The van der Waals surface area contributed by atoms with Gasteiger partial charge in [0.1, 0.15) is 5.01 Å². The smallest absolute Gasteiger partial charge is 0.107 e. The first-order chi connectivity index (χ1) is 6.36. The quantitative estimate of drug-likeness (QED) is 0.654. The Hall–Kier alpha value is -0.490. The zero-order valence-electron chi connectivity index (χ0n) is 7.62. The van der Waals surface area contributed by atoms with Crippen LogP contribution in [-0.4, -0.2) is 30.4 Å². The topological polar surface area (TPSA) is 54.4 Å². The van der Waals surface area contributed by atoms with Gasteiger partial charge in [-0.2, -0.15) is 0 Å². The number of aromatic nitrogens is 1. The Labute approximate surface area is 81.6 Å². The van der Waals surface area contributed by atoms with Crippen molar-refractivity contribution < 1.29 is 9.84 Å². The fraction of sp³-hybridized carbons (Fsp3) is 0.625. The van der Waals surface area contributed by atoms with E-state index in [9.17, 15) is 0 Å². The van der Waals surface area contributed by atoms with Gasteiger partial charge in [-0.15, -0.1) is 11.3 Å². The highest BCUT2D eigenvalue weighted by molar-refractivity contribution is 7.09. The van der Waals surface area contributed by atoms with Crippen molar-refractivity contribution in [2.45, 2.75) is 13.2 Å². The molecular formula is C8H14N2O2S. The lowest BCUT2D eigenvalue weighted by Crippen LogP contribution is -2.18. The van der Waals surface area contributed by atoms with Crippen molar-refractivity contribution in [1.82, 2.24) is 10.3 Å². The first-order valence-electron chi connectivity index (χ1n) is 4.10. The molecule has 13 heavy (non-hydrogen) atoms. The minimum atomic E-state index is 0.0224. The summed E-state index contributed by atoms with van der Waals surface area (Å²) in [5.41, 5.74) is 0.744. The standard InChI is InChI=1S/C8H14N2O2S/c1-12-3-2-9-4-8-10-7(5-11)6-13-8/h6,9,11H,2-5H2,1H3. The van der Waals surface area contributed by atoms with Gasteiger partial charge in [-0.3, -0.25) is 0 Å². The molecule has 4 nitrogen and oxygen atoms in total. The predicted octanol–water partition coefficient (Wildman–Crippen LogP) is 0.371. The van der Waals surface area contributed by atoms with Gasteiger partial charge in [0.2, 0.25) is 0 Å². The second-order valence-electron chi connectivity index (χ2n) is 2.56. The molecule has 0 saturated carbocycles. The first kappa shape index (κ1) is 10.6. The molecule has 1 aromatic heterocycles. The van der Waals surface area contributed by atoms with Crippen LogP contribution in [0.5, 0.6) is 0 Å². The number of ether oxygens (including phenoxy) is 1. The molecule has 1 rings (SSSR count). The van der Waals surface area contributed by atoms with E-state index in [1.165, 1.54) is 0 Å². The number of rotatable bonds is 6. The van der Waals surface area contributed by atoms with Crippen molar-refractivity contribution in [3.63, 3.8) is 0 Å². The average Bonchev–Trinajstić information content (AvgIpc) is 2.60. The Morgan fingerprint density at radius 1 is 1.69 bits per heavy atom. The Morgan fingerprint density at radius 3 is 3.15 bits per heavy atom. The second kappa shape index (κ2) is 6.04. The fourth-order valence-corrected chi connectivity index (χ4v) is 1.63. The van der Waals surface area contributed by atoms with Crippen molar-refractivity contribution in [3.8, 4) is 0 Å². The molecule has 1 heterocycles. The molecule has 0 aliphatic carbocycles. The normalized spacial score (nSPS) is 10.6. The molecule has 0 aromatic carbocycles. The van der Waals surface area contributed by atoms with Gasteiger partial charge < -0.3 is 15.2 Å². The summed E-state index contributed by atoms with van der Waals surface area (Å²) < 4.78 is 4.89. The molecule has 5 heteroatoms. The summed E-state index contributed by atoms with van der Waals surface area (Å²) in [6, 6.07) is 0. The third-order valence-corrected chi connectivity index (χ3v) is 2.42. The number of nitrogens with zero attached hydrogens (tertiary/aromatic N) is 1. The van der Waals surface area contributed by atoms with Crippen LogP contribution in [0.2, 0.25) is 0 Å². The van der Waals surface area contributed by atoms with Crippen molar-refractivity contribution in [2.24, 2.45) is 0 Å². The Bertz CT molecular complexity index is 240. The van der Waals surface area contributed by atoms with E-state index in [2.05, 4.69) is 10.3 Å². The van der Waals surface area contributed by atoms with E-state index >= 15 is 0 Å². The van der Waals surface area contributed by atoms with Gasteiger partial charge >= 0.3 is 0 Å². The van der Waals surface area contributed by atoms with Crippen LogP contribution in [0.3, 0.4) is 0 Å². The SMILES string of the molecule is COCCNCc1nc(CO)cs1. The number of aliphatic hydroxyl groups excluding tert-OH is 1. The third kappa shape index (κ3) is 3.82. The lowest BCUT2D eigenvalue weighted by Gasteiger charge is -1.99. The number of thiazole rings is 1. The summed E-state index contributed by atoms with van der Waals surface area (Å²) >= 11 is 1.56. The largest absolute Gasteiger partial charge is 0.390 e. The molecule has 74 valence electrons. The average molecular weight is 202 g/mol. The maximum atomic E-state index is 8.76. The van der Waals surface area contributed by atoms with Crippen LogP contribution in [0, 0.1) is 0 Å². The fourth-order valence-electron chi connectivity index (χ4n) is 0.872. The number of hydrogen-bond donors (Lipinski definition) is 2. The van der Waals surface area contributed by atoms with Crippen molar-refractivity contribution in [3.05, 3.63) is 16.1 Å². The molecule has 0 aliphatic rings. The molecule has 0 fully saturated rings. The molecule has 0 amide bonds. The van der Waals surface area contributed by atoms with Crippen LogP contribution in [0.15, 0.2) is 5.38 Å². The minimum Gasteiger partial charge on any atom is -0.390 e. The number of hydrogen-bond acceptors (Lipinski definition) is 5. The van der Waals surface area contributed by atoms with Crippen LogP contribution in [0.1, 0.15) is 10.7 Å². The summed E-state index contributed by atoms with van der Waals surface area (Å²) in [6.45, 7) is 2.30. The highest BCUT2D eigenvalue weighted by atomic mass is 32.1. The van der Waals surface area contributed by atoms with Gasteiger partial charge in [-0.25, -0.2) is 4.98 Å². The zero-order valence-corrected chi connectivity index (χ0v) is 8.43. The van der Waals surface area contributed by atoms with E-state index in [0.29, 0.717) is 6.61 Å². The monoisotopic (exact) mass is 202 g/mol. The highest BCUT2D eigenvalue weighted by Gasteiger charge is 1.99. The summed E-state index contributed by atoms with van der Waals surface area (Å²) in [4.78, 5) is 4.19. The second-order valence-corrected chi connectivity index (χ2v) is 3.50. The van der Waals surface area contributed by atoms with Crippen LogP contribution in [0.4, 0.5) is 0 Å². The summed E-state index contributed by atoms with van der Waals surface area (Å²) in [5, 5.41) is 14.8. The molecule has 0 spiro atoms. The minimum absolute atomic E-state index is 0.0224. The summed E-state index contributed by atoms with van der Waals surface area (Å²) in [6.07, 6.45) is 0. The Balaban J connectivity index is 2.20. The van der Waals surface area contributed by atoms with Crippen molar-refractivity contribution in [1.29, 1.82) is 0 Å². The number of methoxy groups -OCH3 is 1. The van der Waals surface area contributed by atoms with Crippen LogP contribution in [0.25, 0.3) is 0 Å². The molecule has 0 bridgehead atoms. The van der Waals surface area contributed by atoms with Crippen LogP contribution >= 0.6 is 11.3 Å². The summed E-state index contributed by atoms with van der Waals surface area (Å²) in [7, 11) is 1.68. The number of nitrogens with one attached hydrogen (secondary N) is 1. The van der Waals surface area contributed by atoms with E-state index in [1.54, 1.807) is 18.4 Å². The Morgan fingerprint density at radius 2 is 2.54 bits per heavy atom. The lowest BCUT2D eigenvalue weighted by atomic mass is 10.5. The number of aliphatic hydroxyl groups is 1. The lowest BCUT2D eigenvalue weighted by molar-refractivity contribution is 0.199. The first-order valence-corrected chi connectivity index (χ1v) is 4.98. The molecule has 2 N–H and O–H groups in total. The van der Waals surface area contributed by atoms with Crippen molar-refractivity contribution >= 4 is 11.3 Å². The van der Waals surface area contributed by atoms with Gasteiger partial charge in [0, 0.05) is 25.6 Å². The van der Waals surface area contributed by atoms with Crippen molar-refractivity contribution in [2.75, 3.05) is 20.3 Å². The van der Waals surface area contributed by atoms with E-state index in [-0.39, 0.29) is 6.61 Å². The third-order valence-electron chi connectivity index (χ3n) is 1.52. The van der Waals surface area contributed by atoms with Crippen LogP contribution in [-0.2, 0) is 17.9 Å². The Kier molecular flexibility index (Phi) is 4.92. The van der Waals surface area contributed by atoms with E-state index < -0.39 is 0 Å². The van der Waals surface area contributed by atoms with E-state index in [1.807, 2.05) is 5.38 Å². The molecule has 0 aliphatic heterocycles. The van der Waals surface area contributed by atoms with E-state index in [0.717, 1.165) is 23.8 Å².